The molecule has 0 unspecified atom stereocenters. The first-order chi connectivity index (χ1) is 11.7. The van der Waals surface area contributed by atoms with Crippen LogP contribution in [0.15, 0.2) is 47.4 Å². The molecule has 1 N–H and O–H groups in total. The van der Waals surface area contributed by atoms with E-state index >= 15 is 0 Å². The van der Waals surface area contributed by atoms with Crippen LogP contribution in [-0.4, -0.2) is 39.3 Å². The molecule has 0 aromatic heterocycles. The summed E-state index contributed by atoms with van der Waals surface area (Å²) in [5.41, 5.74) is 1.28. The van der Waals surface area contributed by atoms with Crippen molar-refractivity contribution in [1.29, 1.82) is 0 Å². The minimum absolute atomic E-state index is 0.141. The van der Waals surface area contributed by atoms with Gasteiger partial charge >= 0.3 is 0 Å². The van der Waals surface area contributed by atoms with Gasteiger partial charge in [0.1, 0.15) is 0 Å². The molecule has 134 valence electrons. The molecule has 25 heavy (non-hydrogen) atoms. The number of hydrogen-bond donors (Lipinski definition) is 1. The second-order valence-electron chi connectivity index (χ2n) is 5.55. The molecule has 0 fully saturated rings. The average Bonchev–Trinajstić information content (AvgIpc) is 2.56. The monoisotopic (exact) mass is 400 g/mol. The lowest BCUT2D eigenvalue weighted by molar-refractivity contribution is 0.0954. The van der Waals surface area contributed by atoms with E-state index < -0.39 is 10.0 Å². The molecular weight excluding hydrogens is 383 g/mol. The summed E-state index contributed by atoms with van der Waals surface area (Å²) in [4.78, 5) is 12.3. The maximum absolute atomic E-state index is 12.1. The summed E-state index contributed by atoms with van der Waals surface area (Å²) in [7, 11) is -0.592. The van der Waals surface area contributed by atoms with Crippen molar-refractivity contribution in [2.24, 2.45) is 0 Å². The van der Waals surface area contributed by atoms with Crippen molar-refractivity contribution >= 4 is 39.1 Å². The van der Waals surface area contributed by atoms with Crippen molar-refractivity contribution in [2.45, 2.75) is 11.3 Å². The Morgan fingerprint density at radius 3 is 2.28 bits per heavy atom. The number of benzene rings is 2. The number of hydrogen-bond acceptors (Lipinski definition) is 3. The normalized spacial score (nSPS) is 11.6. The lowest BCUT2D eigenvalue weighted by Crippen LogP contribution is -2.26. The van der Waals surface area contributed by atoms with Crippen molar-refractivity contribution < 1.29 is 13.2 Å². The van der Waals surface area contributed by atoms with Crippen LogP contribution in [-0.2, 0) is 16.4 Å². The van der Waals surface area contributed by atoms with E-state index in [0.717, 1.165) is 9.87 Å². The zero-order chi connectivity index (χ0) is 18.6. The molecule has 0 atom stereocenters. The number of nitrogens with one attached hydrogen (secondary N) is 1. The van der Waals surface area contributed by atoms with E-state index in [9.17, 15) is 13.2 Å². The first-order valence-electron chi connectivity index (χ1n) is 7.46. The predicted molar refractivity (Wildman–Crippen MR) is 99.8 cm³/mol. The first kappa shape index (κ1) is 19.7. The highest BCUT2D eigenvalue weighted by Gasteiger charge is 2.17. The maximum Gasteiger partial charge on any atom is 0.251 e. The van der Waals surface area contributed by atoms with Gasteiger partial charge in [-0.15, -0.1) is 0 Å². The minimum Gasteiger partial charge on any atom is -0.352 e. The van der Waals surface area contributed by atoms with E-state index in [1.807, 2.05) is 6.07 Å². The van der Waals surface area contributed by atoms with Gasteiger partial charge in [0.05, 0.1) is 4.90 Å². The van der Waals surface area contributed by atoms with Crippen molar-refractivity contribution in [3.63, 3.8) is 0 Å². The second kappa shape index (κ2) is 8.19. The van der Waals surface area contributed by atoms with Crippen LogP contribution in [0.2, 0.25) is 10.0 Å². The molecule has 0 bridgehead atoms. The van der Waals surface area contributed by atoms with Crippen LogP contribution in [0.5, 0.6) is 0 Å². The van der Waals surface area contributed by atoms with Crippen LogP contribution >= 0.6 is 23.2 Å². The highest BCUT2D eigenvalue weighted by molar-refractivity contribution is 7.89. The largest absolute Gasteiger partial charge is 0.352 e. The number of carbonyl (C=O) groups is 1. The Labute approximate surface area is 157 Å². The zero-order valence-electron chi connectivity index (χ0n) is 13.8. The van der Waals surface area contributed by atoms with Crippen LogP contribution in [0.3, 0.4) is 0 Å². The predicted octanol–water partition coefficient (Wildman–Crippen LogP) is 3.22. The third-order valence-corrected chi connectivity index (χ3v) is 6.01. The van der Waals surface area contributed by atoms with E-state index in [4.69, 9.17) is 23.2 Å². The van der Waals surface area contributed by atoms with E-state index in [0.29, 0.717) is 28.6 Å². The number of amides is 1. The van der Waals surface area contributed by atoms with Gasteiger partial charge < -0.3 is 5.32 Å². The van der Waals surface area contributed by atoms with Gasteiger partial charge in [0.2, 0.25) is 10.0 Å². The number of carbonyl (C=O) groups excluding carboxylic acids is 1. The van der Waals surface area contributed by atoms with Crippen molar-refractivity contribution in [3.05, 3.63) is 63.6 Å². The summed E-state index contributed by atoms with van der Waals surface area (Å²) in [6.45, 7) is 0.401. The molecule has 1 amide bonds. The molecule has 0 spiro atoms. The Kier molecular flexibility index (Phi) is 6.46. The molecule has 0 aliphatic carbocycles. The Bertz CT molecular complexity index is 866. The Morgan fingerprint density at radius 2 is 1.72 bits per heavy atom. The summed E-state index contributed by atoms with van der Waals surface area (Å²) in [6, 6.07) is 11.0. The molecule has 0 aliphatic rings. The van der Waals surface area contributed by atoms with E-state index in [-0.39, 0.29) is 10.8 Å². The number of rotatable bonds is 6. The maximum atomic E-state index is 12.1. The molecule has 2 aromatic carbocycles. The van der Waals surface area contributed by atoms with E-state index in [1.54, 1.807) is 12.1 Å². The van der Waals surface area contributed by atoms with Gasteiger partial charge in [0.15, 0.2) is 0 Å². The molecule has 8 heteroatoms. The van der Waals surface area contributed by atoms with Crippen LogP contribution in [0, 0.1) is 0 Å². The topological polar surface area (TPSA) is 66.5 Å². The van der Waals surface area contributed by atoms with E-state index in [2.05, 4.69) is 5.32 Å². The van der Waals surface area contributed by atoms with Gasteiger partial charge in [-0.05, 0) is 48.4 Å². The van der Waals surface area contributed by atoms with Gasteiger partial charge in [0, 0.05) is 36.2 Å². The van der Waals surface area contributed by atoms with Crippen LogP contribution < -0.4 is 5.32 Å². The highest BCUT2D eigenvalue weighted by Crippen LogP contribution is 2.21. The fraction of sp³-hybridized carbons (Fsp3) is 0.235. The minimum atomic E-state index is -3.50. The quantitative estimate of drug-likeness (QED) is 0.809. The third kappa shape index (κ3) is 4.95. The van der Waals surface area contributed by atoms with Gasteiger partial charge in [-0.3, -0.25) is 4.79 Å². The smallest absolute Gasteiger partial charge is 0.251 e. The molecule has 0 saturated heterocycles. The molecule has 0 aliphatic heterocycles. The number of sulfonamides is 1. The van der Waals surface area contributed by atoms with Crippen molar-refractivity contribution in [3.8, 4) is 0 Å². The molecule has 0 saturated carbocycles. The van der Waals surface area contributed by atoms with Crippen LogP contribution in [0.4, 0.5) is 0 Å². The zero-order valence-corrected chi connectivity index (χ0v) is 16.1. The molecular formula is C17H18Cl2N2O3S. The van der Waals surface area contributed by atoms with Gasteiger partial charge in [-0.1, -0.05) is 29.3 Å². The van der Waals surface area contributed by atoms with E-state index in [1.165, 1.54) is 38.4 Å². The molecule has 0 heterocycles. The molecule has 0 radical (unpaired) electrons. The Balaban J connectivity index is 1.97. The van der Waals surface area contributed by atoms with Crippen molar-refractivity contribution in [2.75, 3.05) is 20.6 Å². The fourth-order valence-corrected chi connectivity index (χ4v) is 3.53. The fourth-order valence-electron chi connectivity index (χ4n) is 2.13. The second-order valence-corrected chi connectivity index (χ2v) is 8.55. The number of halogens is 2. The van der Waals surface area contributed by atoms with Gasteiger partial charge in [-0.25, -0.2) is 12.7 Å². The van der Waals surface area contributed by atoms with Gasteiger partial charge in [0.25, 0.3) is 5.91 Å². The van der Waals surface area contributed by atoms with Crippen LogP contribution in [0.1, 0.15) is 15.9 Å². The Morgan fingerprint density at radius 1 is 1.08 bits per heavy atom. The molecule has 2 rings (SSSR count). The summed E-state index contributed by atoms with van der Waals surface area (Å²) < 4.78 is 25.1. The summed E-state index contributed by atoms with van der Waals surface area (Å²) in [6.07, 6.45) is 0.564. The molecule has 2 aromatic rings. The highest BCUT2D eigenvalue weighted by atomic mass is 35.5. The SMILES string of the molecule is CN(C)S(=O)(=O)c1ccc(C(=O)NCCc2ccc(Cl)cc2Cl)cc1. The van der Waals surface area contributed by atoms with Gasteiger partial charge in [-0.2, -0.15) is 0 Å². The lowest BCUT2D eigenvalue weighted by Gasteiger charge is -2.12. The standard InChI is InChI=1S/C17H18Cl2N2O3S/c1-21(2)25(23,24)15-7-4-13(5-8-15)17(22)20-10-9-12-3-6-14(18)11-16(12)19/h3-8,11H,9-10H2,1-2H3,(H,20,22). The summed E-state index contributed by atoms with van der Waals surface area (Å²) >= 11 is 11.9. The number of nitrogens with zero attached hydrogens (tertiary/aromatic N) is 1. The van der Waals surface area contributed by atoms with Crippen molar-refractivity contribution in [1.82, 2.24) is 9.62 Å². The Hall–Kier alpha value is -1.60. The summed E-state index contributed by atoms with van der Waals surface area (Å²) in [5.74, 6) is -0.279. The third-order valence-electron chi connectivity index (χ3n) is 3.59. The molecule has 5 nitrogen and oxygen atoms in total. The lowest BCUT2D eigenvalue weighted by atomic mass is 10.1. The van der Waals surface area contributed by atoms with Crippen LogP contribution in [0.25, 0.3) is 0 Å². The first-order valence-corrected chi connectivity index (χ1v) is 9.66. The summed E-state index contributed by atoms with van der Waals surface area (Å²) in [5, 5.41) is 3.90. The average molecular weight is 401 g/mol.